The van der Waals surface area contributed by atoms with Crippen molar-refractivity contribution in [1.82, 2.24) is 0 Å². The van der Waals surface area contributed by atoms with Crippen molar-refractivity contribution in [2.24, 2.45) is 11.8 Å². The molecule has 16 heavy (non-hydrogen) atoms. The fourth-order valence-corrected chi connectivity index (χ4v) is 1.85. The minimum atomic E-state index is 0.0655. The Morgan fingerprint density at radius 2 is 1.56 bits per heavy atom. The lowest BCUT2D eigenvalue weighted by Gasteiger charge is -2.14. The Kier molecular flexibility index (Phi) is 4.72. The number of halogens is 1. The van der Waals surface area contributed by atoms with Crippen LogP contribution in [-0.2, 0) is 0 Å². The van der Waals surface area contributed by atoms with Crippen molar-refractivity contribution in [1.29, 1.82) is 0 Å². The van der Waals surface area contributed by atoms with Crippen LogP contribution in [0.3, 0.4) is 0 Å². The SMILES string of the molecule is CC(C)C(=O)c1ccc(C(Br)C(C)C)cc1. The van der Waals surface area contributed by atoms with Gasteiger partial charge in [0.2, 0.25) is 0 Å². The standard InChI is InChI=1S/C14H19BrO/c1-9(2)13(15)11-5-7-12(8-6-11)14(16)10(3)4/h5-10,13H,1-4H3. The third kappa shape index (κ3) is 3.18. The molecule has 0 saturated carbocycles. The van der Waals surface area contributed by atoms with E-state index in [1.807, 2.05) is 38.1 Å². The highest BCUT2D eigenvalue weighted by atomic mass is 79.9. The van der Waals surface area contributed by atoms with E-state index in [0.717, 1.165) is 5.56 Å². The van der Waals surface area contributed by atoms with Gasteiger partial charge < -0.3 is 0 Å². The van der Waals surface area contributed by atoms with Gasteiger partial charge in [0.1, 0.15) is 0 Å². The first-order chi connectivity index (χ1) is 7.43. The zero-order valence-corrected chi connectivity index (χ0v) is 11.9. The van der Waals surface area contributed by atoms with Crippen molar-refractivity contribution >= 4 is 21.7 Å². The number of Topliss-reactive ketones (excluding diaryl/α,β-unsaturated/α-hetero) is 1. The van der Waals surface area contributed by atoms with Gasteiger partial charge in [-0.3, -0.25) is 4.79 Å². The number of benzene rings is 1. The fourth-order valence-electron chi connectivity index (χ4n) is 1.55. The van der Waals surface area contributed by atoms with Gasteiger partial charge in [-0.1, -0.05) is 67.9 Å². The van der Waals surface area contributed by atoms with E-state index in [1.54, 1.807) is 0 Å². The first-order valence-electron chi connectivity index (χ1n) is 5.71. The Labute approximate surface area is 106 Å². The van der Waals surface area contributed by atoms with E-state index in [2.05, 4.69) is 29.8 Å². The predicted octanol–water partition coefficient (Wildman–Crippen LogP) is 4.62. The first-order valence-corrected chi connectivity index (χ1v) is 6.63. The van der Waals surface area contributed by atoms with E-state index in [9.17, 15) is 4.79 Å². The Bertz CT molecular complexity index is 352. The quantitative estimate of drug-likeness (QED) is 0.582. The summed E-state index contributed by atoms with van der Waals surface area (Å²) in [7, 11) is 0. The maximum absolute atomic E-state index is 11.7. The van der Waals surface area contributed by atoms with Gasteiger partial charge in [0.25, 0.3) is 0 Å². The van der Waals surface area contributed by atoms with Crippen molar-refractivity contribution in [2.75, 3.05) is 0 Å². The number of carbonyl (C=O) groups is 1. The fraction of sp³-hybridized carbons (Fsp3) is 0.500. The molecule has 0 saturated heterocycles. The minimum absolute atomic E-state index is 0.0655. The molecule has 88 valence electrons. The van der Waals surface area contributed by atoms with Crippen LogP contribution in [-0.4, -0.2) is 5.78 Å². The molecule has 0 bridgehead atoms. The van der Waals surface area contributed by atoms with Crippen LogP contribution >= 0.6 is 15.9 Å². The van der Waals surface area contributed by atoms with Crippen LogP contribution in [0.1, 0.15) is 48.4 Å². The van der Waals surface area contributed by atoms with Gasteiger partial charge in [0, 0.05) is 16.3 Å². The van der Waals surface area contributed by atoms with E-state index < -0.39 is 0 Å². The zero-order chi connectivity index (χ0) is 12.3. The summed E-state index contributed by atoms with van der Waals surface area (Å²) in [6.07, 6.45) is 0. The molecule has 0 spiro atoms. The van der Waals surface area contributed by atoms with E-state index in [-0.39, 0.29) is 11.7 Å². The van der Waals surface area contributed by atoms with Gasteiger partial charge in [0.15, 0.2) is 5.78 Å². The Morgan fingerprint density at radius 3 is 1.94 bits per heavy atom. The second kappa shape index (κ2) is 5.62. The average Bonchev–Trinajstić information content (AvgIpc) is 2.27. The summed E-state index contributed by atoms with van der Waals surface area (Å²) in [5.41, 5.74) is 2.04. The molecule has 2 heteroatoms. The van der Waals surface area contributed by atoms with Crippen LogP contribution in [0.15, 0.2) is 24.3 Å². The highest BCUT2D eigenvalue weighted by Crippen LogP contribution is 2.30. The summed E-state index contributed by atoms with van der Waals surface area (Å²) < 4.78 is 0. The van der Waals surface area contributed by atoms with Crippen molar-refractivity contribution in [3.8, 4) is 0 Å². The molecule has 0 aliphatic carbocycles. The second-order valence-corrected chi connectivity index (χ2v) is 5.77. The van der Waals surface area contributed by atoms with Crippen LogP contribution in [0.4, 0.5) is 0 Å². The molecule has 1 aromatic carbocycles. The third-order valence-electron chi connectivity index (χ3n) is 2.62. The molecule has 0 N–H and O–H groups in total. The Balaban J connectivity index is 2.87. The van der Waals surface area contributed by atoms with Gasteiger partial charge >= 0.3 is 0 Å². The summed E-state index contributed by atoms with van der Waals surface area (Å²) in [6.45, 7) is 8.20. The van der Waals surface area contributed by atoms with Crippen LogP contribution in [0, 0.1) is 11.8 Å². The molecule has 1 nitrogen and oxygen atoms in total. The molecule has 1 unspecified atom stereocenters. The predicted molar refractivity (Wildman–Crippen MR) is 72.1 cm³/mol. The minimum Gasteiger partial charge on any atom is -0.294 e. The molecule has 0 heterocycles. The number of rotatable bonds is 4. The van der Waals surface area contributed by atoms with E-state index in [4.69, 9.17) is 0 Å². The van der Waals surface area contributed by atoms with Crippen molar-refractivity contribution < 1.29 is 4.79 Å². The van der Waals surface area contributed by atoms with E-state index in [0.29, 0.717) is 10.7 Å². The maximum Gasteiger partial charge on any atom is 0.165 e. The van der Waals surface area contributed by atoms with Gasteiger partial charge in [-0.05, 0) is 11.5 Å². The molecule has 0 aromatic heterocycles. The average molecular weight is 283 g/mol. The number of hydrogen-bond donors (Lipinski definition) is 0. The molecule has 0 fully saturated rings. The smallest absolute Gasteiger partial charge is 0.165 e. The van der Waals surface area contributed by atoms with Gasteiger partial charge in [0.05, 0.1) is 0 Å². The van der Waals surface area contributed by atoms with E-state index in [1.165, 1.54) is 5.56 Å². The van der Waals surface area contributed by atoms with Crippen LogP contribution < -0.4 is 0 Å². The molecular weight excluding hydrogens is 264 g/mol. The van der Waals surface area contributed by atoms with Crippen molar-refractivity contribution in [3.63, 3.8) is 0 Å². The summed E-state index contributed by atoms with van der Waals surface area (Å²) >= 11 is 3.66. The highest BCUT2D eigenvalue weighted by Gasteiger charge is 2.14. The number of ketones is 1. The van der Waals surface area contributed by atoms with Crippen LogP contribution in [0.2, 0.25) is 0 Å². The maximum atomic E-state index is 11.7. The summed E-state index contributed by atoms with van der Waals surface area (Å²) in [6, 6.07) is 7.92. The number of carbonyl (C=O) groups excluding carboxylic acids is 1. The van der Waals surface area contributed by atoms with Crippen molar-refractivity contribution in [2.45, 2.75) is 32.5 Å². The van der Waals surface area contributed by atoms with Crippen LogP contribution in [0.5, 0.6) is 0 Å². The molecular formula is C14H19BrO. The first kappa shape index (κ1) is 13.4. The zero-order valence-electron chi connectivity index (χ0n) is 10.3. The highest BCUT2D eigenvalue weighted by molar-refractivity contribution is 9.09. The lowest BCUT2D eigenvalue weighted by Crippen LogP contribution is -2.07. The largest absolute Gasteiger partial charge is 0.294 e. The summed E-state index contributed by atoms with van der Waals surface area (Å²) in [5.74, 6) is 0.824. The molecule has 1 rings (SSSR count). The van der Waals surface area contributed by atoms with Gasteiger partial charge in [-0.15, -0.1) is 0 Å². The third-order valence-corrected chi connectivity index (χ3v) is 4.21. The van der Waals surface area contributed by atoms with Crippen LogP contribution in [0.25, 0.3) is 0 Å². The Morgan fingerprint density at radius 1 is 1.06 bits per heavy atom. The normalized spacial score (nSPS) is 13.2. The molecule has 0 radical (unpaired) electrons. The molecule has 1 aromatic rings. The lowest BCUT2D eigenvalue weighted by atomic mass is 9.97. The number of alkyl halides is 1. The summed E-state index contributed by atoms with van der Waals surface area (Å²) in [4.78, 5) is 12.1. The van der Waals surface area contributed by atoms with E-state index >= 15 is 0 Å². The van der Waals surface area contributed by atoms with Gasteiger partial charge in [-0.2, -0.15) is 0 Å². The monoisotopic (exact) mass is 282 g/mol. The number of hydrogen-bond acceptors (Lipinski definition) is 1. The summed E-state index contributed by atoms with van der Waals surface area (Å²) in [5, 5.41) is 0. The molecule has 1 atom stereocenters. The Hall–Kier alpha value is -0.630. The molecule has 0 aliphatic heterocycles. The van der Waals surface area contributed by atoms with Gasteiger partial charge in [-0.25, -0.2) is 0 Å². The molecule has 0 aliphatic rings. The lowest BCUT2D eigenvalue weighted by molar-refractivity contribution is 0.0939. The van der Waals surface area contributed by atoms with Crippen molar-refractivity contribution in [3.05, 3.63) is 35.4 Å². The molecule has 0 amide bonds. The topological polar surface area (TPSA) is 17.1 Å². The second-order valence-electron chi connectivity index (χ2n) is 4.79.